The summed E-state index contributed by atoms with van der Waals surface area (Å²) in [5.41, 5.74) is 1.74. The van der Waals surface area contributed by atoms with E-state index in [1.54, 1.807) is 32.4 Å². The van der Waals surface area contributed by atoms with Crippen LogP contribution in [0.1, 0.15) is 62.0 Å². The SMILES string of the molecule is COc1cc(OC)cc(C(=O)N2CCC(C(=O)NC(CC(C)(C)C)c3ccccc3)CC2)c1. The molecule has 1 saturated heterocycles. The van der Waals surface area contributed by atoms with Crippen LogP contribution in [0.25, 0.3) is 0 Å². The molecule has 0 bridgehead atoms. The summed E-state index contributed by atoms with van der Waals surface area (Å²) in [6, 6.07) is 15.3. The second kappa shape index (κ2) is 10.7. The van der Waals surface area contributed by atoms with Gasteiger partial charge in [-0.15, -0.1) is 0 Å². The van der Waals surface area contributed by atoms with Gasteiger partial charge in [-0.05, 0) is 42.4 Å². The third-order valence-electron chi connectivity index (χ3n) is 6.09. The minimum Gasteiger partial charge on any atom is -0.497 e. The van der Waals surface area contributed by atoms with Crippen LogP contribution in [0.4, 0.5) is 0 Å². The summed E-state index contributed by atoms with van der Waals surface area (Å²) in [6.45, 7) is 7.66. The van der Waals surface area contributed by atoms with Gasteiger partial charge in [-0.25, -0.2) is 0 Å². The Labute approximate surface area is 197 Å². The summed E-state index contributed by atoms with van der Waals surface area (Å²) < 4.78 is 10.6. The topological polar surface area (TPSA) is 67.9 Å². The molecular formula is C27H36N2O4. The predicted octanol–water partition coefficient (Wildman–Crippen LogP) is 4.85. The van der Waals surface area contributed by atoms with Crippen molar-refractivity contribution in [3.63, 3.8) is 0 Å². The van der Waals surface area contributed by atoms with E-state index in [1.165, 1.54) is 0 Å². The summed E-state index contributed by atoms with van der Waals surface area (Å²) in [5, 5.41) is 3.29. The van der Waals surface area contributed by atoms with Gasteiger partial charge in [-0.1, -0.05) is 51.1 Å². The molecule has 1 atom stereocenters. The molecular weight excluding hydrogens is 416 g/mol. The molecule has 2 aromatic carbocycles. The Morgan fingerprint density at radius 3 is 2.09 bits per heavy atom. The number of methoxy groups -OCH3 is 2. The van der Waals surface area contributed by atoms with Gasteiger partial charge in [0.15, 0.2) is 0 Å². The molecule has 0 radical (unpaired) electrons. The molecule has 1 heterocycles. The van der Waals surface area contributed by atoms with Crippen molar-refractivity contribution >= 4 is 11.8 Å². The number of nitrogens with one attached hydrogen (secondary N) is 1. The van der Waals surface area contributed by atoms with Crippen molar-refractivity contribution in [2.45, 2.75) is 46.1 Å². The minimum atomic E-state index is -0.0972. The van der Waals surface area contributed by atoms with E-state index in [9.17, 15) is 9.59 Å². The summed E-state index contributed by atoms with van der Waals surface area (Å²) in [5.74, 6) is 1.07. The zero-order valence-electron chi connectivity index (χ0n) is 20.4. The Balaban J connectivity index is 1.63. The van der Waals surface area contributed by atoms with Gasteiger partial charge in [0.05, 0.1) is 20.3 Å². The fraction of sp³-hybridized carbons (Fsp3) is 0.481. The van der Waals surface area contributed by atoms with Crippen molar-refractivity contribution < 1.29 is 19.1 Å². The van der Waals surface area contributed by atoms with Crippen LogP contribution >= 0.6 is 0 Å². The predicted molar refractivity (Wildman–Crippen MR) is 130 cm³/mol. The van der Waals surface area contributed by atoms with Crippen molar-refractivity contribution in [2.24, 2.45) is 11.3 Å². The smallest absolute Gasteiger partial charge is 0.254 e. The lowest BCUT2D eigenvalue weighted by molar-refractivity contribution is -0.127. The highest BCUT2D eigenvalue weighted by molar-refractivity contribution is 5.95. The quantitative estimate of drug-likeness (QED) is 0.652. The maximum absolute atomic E-state index is 13.1. The molecule has 1 unspecified atom stereocenters. The first kappa shape index (κ1) is 24.6. The number of benzene rings is 2. The molecule has 0 aromatic heterocycles. The van der Waals surface area contributed by atoms with Gasteiger partial charge in [0.2, 0.25) is 5.91 Å². The van der Waals surface area contributed by atoms with Crippen molar-refractivity contribution in [2.75, 3.05) is 27.3 Å². The number of ether oxygens (including phenoxy) is 2. The van der Waals surface area contributed by atoms with Gasteiger partial charge in [0, 0.05) is 30.6 Å². The van der Waals surface area contributed by atoms with E-state index in [0.29, 0.717) is 43.0 Å². The lowest BCUT2D eigenvalue weighted by Gasteiger charge is -2.33. The van der Waals surface area contributed by atoms with E-state index in [4.69, 9.17) is 9.47 Å². The van der Waals surface area contributed by atoms with E-state index >= 15 is 0 Å². The van der Waals surface area contributed by atoms with Gasteiger partial charge >= 0.3 is 0 Å². The van der Waals surface area contributed by atoms with Crippen LogP contribution in [0.5, 0.6) is 11.5 Å². The van der Waals surface area contributed by atoms with Gasteiger partial charge in [0.25, 0.3) is 5.91 Å². The Bertz CT molecular complexity index is 922. The molecule has 0 saturated carbocycles. The van der Waals surface area contributed by atoms with Gasteiger partial charge in [-0.3, -0.25) is 9.59 Å². The van der Waals surface area contributed by atoms with Crippen molar-refractivity contribution in [1.29, 1.82) is 0 Å². The van der Waals surface area contributed by atoms with E-state index in [1.807, 2.05) is 23.1 Å². The lowest BCUT2D eigenvalue weighted by atomic mass is 9.85. The second-order valence-electron chi connectivity index (χ2n) is 9.90. The summed E-state index contributed by atoms with van der Waals surface area (Å²) in [4.78, 5) is 28.0. The fourth-order valence-electron chi connectivity index (χ4n) is 4.30. The molecule has 1 fully saturated rings. The van der Waals surface area contributed by atoms with E-state index < -0.39 is 0 Å². The Kier molecular flexibility index (Phi) is 8.01. The molecule has 2 amide bonds. The monoisotopic (exact) mass is 452 g/mol. The first-order valence-corrected chi connectivity index (χ1v) is 11.6. The highest BCUT2D eigenvalue weighted by atomic mass is 16.5. The molecule has 2 aromatic rings. The van der Waals surface area contributed by atoms with Crippen LogP contribution in [-0.2, 0) is 4.79 Å². The van der Waals surface area contributed by atoms with Crippen molar-refractivity contribution in [3.8, 4) is 11.5 Å². The van der Waals surface area contributed by atoms with Crippen LogP contribution < -0.4 is 14.8 Å². The zero-order valence-corrected chi connectivity index (χ0v) is 20.4. The van der Waals surface area contributed by atoms with E-state index in [-0.39, 0.29) is 29.2 Å². The number of amides is 2. The van der Waals surface area contributed by atoms with E-state index in [2.05, 4.69) is 38.2 Å². The van der Waals surface area contributed by atoms with Crippen LogP contribution in [0, 0.1) is 11.3 Å². The number of nitrogens with zero attached hydrogens (tertiary/aromatic N) is 1. The molecule has 178 valence electrons. The zero-order chi connectivity index (χ0) is 24.0. The molecule has 1 aliphatic rings. The summed E-state index contributed by atoms with van der Waals surface area (Å²) in [7, 11) is 3.13. The number of carbonyl (C=O) groups is 2. The van der Waals surface area contributed by atoms with Crippen molar-refractivity contribution in [3.05, 3.63) is 59.7 Å². The van der Waals surface area contributed by atoms with Crippen LogP contribution in [0.2, 0.25) is 0 Å². The largest absolute Gasteiger partial charge is 0.497 e. The maximum Gasteiger partial charge on any atom is 0.254 e. The summed E-state index contributed by atoms with van der Waals surface area (Å²) in [6.07, 6.45) is 2.16. The van der Waals surface area contributed by atoms with Crippen molar-refractivity contribution in [1.82, 2.24) is 10.2 Å². The number of rotatable bonds is 7. The number of hydrogen-bond donors (Lipinski definition) is 1. The van der Waals surface area contributed by atoms with Gasteiger partial charge in [-0.2, -0.15) is 0 Å². The molecule has 6 heteroatoms. The second-order valence-corrected chi connectivity index (χ2v) is 9.90. The number of hydrogen-bond acceptors (Lipinski definition) is 4. The molecule has 1 N–H and O–H groups in total. The number of piperidine rings is 1. The average molecular weight is 453 g/mol. The molecule has 1 aliphatic heterocycles. The molecule has 3 rings (SSSR count). The molecule has 33 heavy (non-hydrogen) atoms. The van der Waals surface area contributed by atoms with E-state index in [0.717, 1.165) is 12.0 Å². The third kappa shape index (κ3) is 6.73. The van der Waals surface area contributed by atoms with Gasteiger partial charge < -0.3 is 19.7 Å². The lowest BCUT2D eigenvalue weighted by Crippen LogP contribution is -2.44. The average Bonchev–Trinajstić information content (AvgIpc) is 2.82. The number of carbonyl (C=O) groups excluding carboxylic acids is 2. The molecule has 0 spiro atoms. The van der Waals surface area contributed by atoms with Crippen LogP contribution in [-0.4, -0.2) is 44.0 Å². The number of likely N-dealkylation sites (tertiary alicyclic amines) is 1. The Morgan fingerprint density at radius 1 is 1.00 bits per heavy atom. The highest BCUT2D eigenvalue weighted by Crippen LogP contribution is 2.31. The first-order chi connectivity index (χ1) is 15.7. The summed E-state index contributed by atoms with van der Waals surface area (Å²) >= 11 is 0. The minimum absolute atomic E-state index is 0.0254. The van der Waals surface area contributed by atoms with Crippen LogP contribution in [0.15, 0.2) is 48.5 Å². The Hall–Kier alpha value is -3.02. The molecule has 0 aliphatic carbocycles. The van der Waals surface area contributed by atoms with Crippen LogP contribution in [0.3, 0.4) is 0 Å². The van der Waals surface area contributed by atoms with Gasteiger partial charge in [0.1, 0.15) is 11.5 Å². The maximum atomic E-state index is 13.1. The highest BCUT2D eigenvalue weighted by Gasteiger charge is 2.30. The fourth-order valence-corrected chi connectivity index (χ4v) is 4.30. The Morgan fingerprint density at radius 2 is 1.58 bits per heavy atom. The standard InChI is InChI=1S/C27H36N2O4/c1-27(2,3)18-24(19-9-7-6-8-10-19)28-25(30)20-11-13-29(14-12-20)26(31)21-15-22(32-4)17-23(16-21)33-5/h6-10,15-17,20,24H,11-14,18H2,1-5H3,(H,28,30). The first-order valence-electron chi connectivity index (χ1n) is 11.6. The normalized spacial score (nSPS) is 15.6. The third-order valence-corrected chi connectivity index (χ3v) is 6.09. The molecule has 6 nitrogen and oxygen atoms in total.